The minimum absolute atomic E-state index is 0.272. The van der Waals surface area contributed by atoms with Crippen LogP contribution in [0.5, 0.6) is 0 Å². The van der Waals surface area contributed by atoms with Crippen LogP contribution in [0.2, 0.25) is 0 Å². The number of anilines is 1. The van der Waals surface area contributed by atoms with Crippen molar-refractivity contribution in [2.45, 2.75) is 38.1 Å². The van der Waals surface area contributed by atoms with E-state index < -0.39 is 11.6 Å². The summed E-state index contributed by atoms with van der Waals surface area (Å²) in [6, 6.07) is 9.07. The van der Waals surface area contributed by atoms with Crippen LogP contribution in [0.4, 0.5) is 10.5 Å². The van der Waals surface area contributed by atoms with Crippen LogP contribution >= 0.6 is 11.3 Å². The summed E-state index contributed by atoms with van der Waals surface area (Å²) in [5.74, 6) is -0.0954. The Labute approximate surface area is 167 Å². The Morgan fingerprint density at radius 3 is 2.75 bits per heavy atom. The number of thiophene rings is 1. The van der Waals surface area contributed by atoms with Gasteiger partial charge in [-0.2, -0.15) is 11.3 Å². The molecule has 1 spiro atoms. The molecule has 2 fully saturated rings. The highest BCUT2D eigenvalue weighted by Gasteiger charge is 2.52. The van der Waals surface area contributed by atoms with E-state index in [2.05, 4.69) is 17.6 Å². The molecule has 146 valence electrons. The molecule has 28 heavy (non-hydrogen) atoms. The fourth-order valence-corrected chi connectivity index (χ4v) is 4.63. The van der Waals surface area contributed by atoms with Crippen molar-refractivity contribution < 1.29 is 14.4 Å². The predicted octanol–water partition coefficient (Wildman–Crippen LogP) is 3.85. The molecule has 1 saturated carbocycles. The third-order valence-corrected chi connectivity index (χ3v) is 6.36. The Bertz CT molecular complexity index is 901. The maximum absolute atomic E-state index is 12.9. The first-order valence-electron chi connectivity index (χ1n) is 9.53. The predicted molar refractivity (Wildman–Crippen MR) is 109 cm³/mol. The fraction of sp³-hybridized carbons (Fsp3) is 0.381. The number of hydrogen-bond donors (Lipinski definition) is 2. The van der Waals surface area contributed by atoms with Gasteiger partial charge in [-0.1, -0.05) is 19.1 Å². The topological polar surface area (TPSA) is 78.5 Å². The van der Waals surface area contributed by atoms with Crippen LogP contribution in [0.1, 0.15) is 32.6 Å². The zero-order valence-electron chi connectivity index (χ0n) is 15.7. The van der Waals surface area contributed by atoms with Gasteiger partial charge in [0.1, 0.15) is 12.1 Å². The van der Waals surface area contributed by atoms with Crippen LogP contribution in [-0.2, 0) is 9.59 Å². The fourth-order valence-electron chi connectivity index (χ4n) is 3.96. The van der Waals surface area contributed by atoms with E-state index in [9.17, 15) is 14.4 Å². The van der Waals surface area contributed by atoms with E-state index in [4.69, 9.17) is 0 Å². The van der Waals surface area contributed by atoms with Gasteiger partial charge >= 0.3 is 6.03 Å². The van der Waals surface area contributed by atoms with E-state index in [0.717, 1.165) is 28.9 Å². The van der Waals surface area contributed by atoms with Gasteiger partial charge in [0.05, 0.1) is 0 Å². The van der Waals surface area contributed by atoms with Gasteiger partial charge in [-0.3, -0.25) is 14.5 Å². The molecular weight excluding hydrogens is 374 g/mol. The molecule has 1 aromatic carbocycles. The Balaban J connectivity index is 1.42. The molecule has 2 N–H and O–H groups in total. The summed E-state index contributed by atoms with van der Waals surface area (Å²) in [4.78, 5) is 38.8. The average molecular weight is 398 g/mol. The molecule has 1 saturated heterocycles. The largest absolute Gasteiger partial charge is 0.325 e. The molecule has 2 aliphatic rings. The maximum atomic E-state index is 12.9. The van der Waals surface area contributed by atoms with E-state index in [0.29, 0.717) is 24.4 Å². The van der Waals surface area contributed by atoms with E-state index in [1.165, 1.54) is 0 Å². The zero-order chi connectivity index (χ0) is 19.7. The number of nitrogens with zero attached hydrogens (tertiary/aromatic N) is 1. The molecule has 0 unspecified atom stereocenters. The summed E-state index contributed by atoms with van der Waals surface area (Å²) in [7, 11) is 0. The first-order valence-corrected chi connectivity index (χ1v) is 10.5. The smallest absolute Gasteiger partial charge is 0.325 e. The highest BCUT2D eigenvalue weighted by Crippen LogP contribution is 2.36. The van der Waals surface area contributed by atoms with Gasteiger partial charge in [-0.15, -0.1) is 0 Å². The van der Waals surface area contributed by atoms with Crippen LogP contribution in [-0.4, -0.2) is 34.8 Å². The third kappa shape index (κ3) is 3.54. The van der Waals surface area contributed by atoms with Gasteiger partial charge in [-0.05, 0) is 71.7 Å². The number of urea groups is 1. The van der Waals surface area contributed by atoms with Gasteiger partial charge in [-0.25, -0.2) is 4.79 Å². The number of nitrogens with one attached hydrogen (secondary N) is 2. The Morgan fingerprint density at radius 1 is 1.25 bits per heavy atom. The van der Waals surface area contributed by atoms with Gasteiger partial charge in [0.25, 0.3) is 5.91 Å². The molecule has 0 bridgehead atoms. The van der Waals surface area contributed by atoms with Crippen molar-refractivity contribution in [3.05, 3.63) is 41.1 Å². The molecule has 0 atom stereocenters. The SMILES string of the molecule is CC1CCC2(CC1)NC(=O)N(CC(=O)Nc1cccc(-c3ccsc3)c1)C2=O. The van der Waals surface area contributed by atoms with Crippen LogP contribution in [0, 0.1) is 5.92 Å². The van der Waals surface area contributed by atoms with Crippen molar-refractivity contribution >= 4 is 34.9 Å². The zero-order valence-corrected chi connectivity index (χ0v) is 16.6. The highest BCUT2D eigenvalue weighted by molar-refractivity contribution is 7.08. The Hall–Kier alpha value is -2.67. The second kappa shape index (κ2) is 7.39. The lowest BCUT2D eigenvalue weighted by Gasteiger charge is -2.33. The van der Waals surface area contributed by atoms with E-state index in [1.807, 2.05) is 35.0 Å². The highest BCUT2D eigenvalue weighted by atomic mass is 32.1. The first-order chi connectivity index (χ1) is 13.5. The van der Waals surface area contributed by atoms with E-state index in [-0.39, 0.29) is 18.4 Å². The van der Waals surface area contributed by atoms with Crippen molar-refractivity contribution in [1.29, 1.82) is 0 Å². The molecule has 2 aromatic rings. The van der Waals surface area contributed by atoms with Crippen molar-refractivity contribution in [2.75, 3.05) is 11.9 Å². The number of benzene rings is 1. The molecule has 4 rings (SSSR count). The lowest BCUT2D eigenvalue weighted by Crippen LogP contribution is -2.49. The molecule has 1 aliphatic carbocycles. The Kier molecular flexibility index (Phi) is 4.93. The monoisotopic (exact) mass is 397 g/mol. The summed E-state index contributed by atoms with van der Waals surface area (Å²) in [5.41, 5.74) is 1.91. The minimum atomic E-state index is -0.817. The standard InChI is InChI=1S/C21H23N3O3S/c1-14-5-8-21(9-6-14)19(26)24(20(27)23-21)12-18(25)22-17-4-2-3-15(11-17)16-7-10-28-13-16/h2-4,7,10-11,13-14H,5-6,8-9,12H2,1H3,(H,22,25)(H,23,27). The quantitative estimate of drug-likeness (QED) is 0.769. The molecule has 2 heterocycles. The summed E-state index contributed by atoms with van der Waals surface area (Å²) in [6.45, 7) is 1.88. The molecule has 7 heteroatoms. The molecular formula is C21H23N3O3S. The second-order valence-corrected chi connectivity index (χ2v) is 8.51. The molecule has 6 nitrogen and oxygen atoms in total. The number of rotatable bonds is 4. The number of carbonyl (C=O) groups is 3. The molecule has 4 amide bonds. The van der Waals surface area contributed by atoms with Crippen LogP contribution in [0.25, 0.3) is 11.1 Å². The van der Waals surface area contributed by atoms with Gasteiger partial charge in [0.15, 0.2) is 0 Å². The maximum Gasteiger partial charge on any atom is 0.325 e. The summed E-state index contributed by atoms with van der Waals surface area (Å²) in [6.07, 6.45) is 3.09. The van der Waals surface area contributed by atoms with Crippen molar-refractivity contribution in [1.82, 2.24) is 10.2 Å². The van der Waals surface area contributed by atoms with E-state index >= 15 is 0 Å². The number of carbonyl (C=O) groups excluding carboxylic acids is 3. The number of amides is 4. The first kappa shape index (κ1) is 18.7. The molecule has 0 radical (unpaired) electrons. The molecule has 1 aliphatic heterocycles. The lowest BCUT2D eigenvalue weighted by molar-refractivity contribution is -0.135. The number of hydrogen-bond acceptors (Lipinski definition) is 4. The number of imide groups is 1. The van der Waals surface area contributed by atoms with Gasteiger partial charge in [0.2, 0.25) is 5.91 Å². The van der Waals surface area contributed by atoms with Crippen molar-refractivity contribution in [3.8, 4) is 11.1 Å². The summed E-state index contributed by atoms with van der Waals surface area (Å²) >= 11 is 1.61. The second-order valence-electron chi connectivity index (χ2n) is 7.73. The normalized spacial score (nSPS) is 24.5. The van der Waals surface area contributed by atoms with Gasteiger partial charge in [0, 0.05) is 5.69 Å². The van der Waals surface area contributed by atoms with Crippen molar-refractivity contribution in [2.24, 2.45) is 5.92 Å². The average Bonchev–Trinajstić information content (AvgIpc) is 3.29. The van der Waals surface area contributed by atoms with Crippen LogP contribution in [0.3, 0.4) is 0 Å². The van der Waals surface area contributed by atoms with Crippen molar-refractivity contribution in [3.63, 3.8) is 0 Å². The summed E-state index contributed by atoms with van der Waals surface area (Å²) in [5, 5.41) is 9.69. The van der Waals surface area contributed by atoms with Crippen LogP contribution < -0.4 is 10.6 Å². The summed E-state index contributed by atoms with van der Waals surface area (Å²) < 4.78 is 0. The third-order valence-electron chi connectivity index (χ3n) is 5.68. The minimum Gasteiger partial charge on any atom is -0.325 e. The van der Waals surface area contributed by atoms with E-state index in [1.54, 1.807) is 17.4 Å². The van der Waals surface area contributed by atoms with Gasteiger partial charge < -0.3 is 10.6 Å². The van der Waals surface area contributed by atoms with Crippen LogP contribution in [0.15, 0.2) is 41.1 Å². The lowest BCUT2D eigenvalue weighted by atomic mass is 9.77. The Morgan fingerprint density at radius 2 is 2.04 bits per heavy atom. The molecule has 1 aromatic heterocycles.